The molecule has 1 aromatic carbocycles. The van der Waals surface area contributed by atoms with E-state index in [1.54, 1.807) is 0 Å². The third kappa shape index (κ3) is 2.88. The van der Waals surface area contributed by atoms with Gasteiger partial charge in [-0.15, -0.1) is 0 Å². The summed E-state index contributed by atoms with van der Waals surface area (Å²) in [5.74, 6) is 0. The highest BCUT2D eigenvalue weighted by atomic mass is 35.5. The first-order valence-corrected chi connectivity index (χ1v) is 7.54. The van der Waals surface area contributed by atoms with Crippen LogP contribution in [0.5, 0.6) is 0 Å². The number of benzene rings is 1. The Morgan fingerprint density at radius 3 is 2.53 bits per heavy atom. The van der Waals surface area contributed by atoms with E-state index in [0.29, 0.717) is 6.04 Å². The Labute approximate surface area is 119 Å². The number of piperazine rings is 1. The predicted molar refractivity (Wildman–Crippen MR) is 78.9 cm³/mol. The first-order chi connectivity index (χ1) is 9.24. The molecule has 1 aliphatic heterocycles. The van der Waals surface area contributed by atoms with Gasteiger partial charge in [0.1, 0.15) is 0 Å². The van der Waals surface area contributed by atoms with E-state index in [1.807, 2.05) is 18.2 Å². The van der Waals surface area contributed by atoms with E-state index < -0.39 is 0 Å². The van der Waals surface area contributed by atoms with E-state index in [4.69, 9.17) is 11.6 Å². The van der Waals surface area contributed by atoms with Crippen molar-refractivity contribution >= 4 is 17.3 Å². The van der Waals surface area contributed by atoms with Crippen LogP contribution in [0.15, 0.2) is 24.3 Å². The fourth-order valence-corrected chi connectivity index (χ4v) is 3.52. The quantitative estimate of drug-likeness (QED) is 0.901. The Kier molecular flexibility index (Phi) is 3.96. The molecule has 0 aromatic heterocycles. The van der Waals surface area contributed by atoms with Gasteiger partial charge in [-0.05, 0) is 37.5 Å². The molecule has 0 spiro atoms. The molecule has 19 heavy (non-hydrogen) atoms. The van der Waals surface area contributed by atoms with Crippen molar-refractivity contribution in [3.63, 3.8) is 0 Å². The van der Waals surface area contributed by atoms with Gasteiger partial charge in [0.15, 0.2) is 0 Å². The maximum absolute atomic E-state index is 9.99. The SMILES string of the molecule is O[C@@H]1CCC[C@H]1N1CCN(c2cccc(Cl)c2)CC1. The molecule has 1 saturated heterocycles. The summed E-state index contributed by atoms with van der Waals surface area (Å²) in [5, 5.41) is 10.8. The van der Waals surface area contributed by atoms with Crippen molar-refractivity contribution in [3.8, 4) is 0 Å². The smallest absolute Gasteiger partial charge is 0.0695 e. The van der Waals surface area contributed by atoms with Crippen molar-refractivity contribution in [2.45, 2.75) is 31.4 Å². The minimum absolute atomic E-state index is 0.113. The number of nitrogens with zero attached hydrogens (tertiary/aromatic N) is 2. The van der Waals surface area contributed by atoms with Gasteiger partial charge in [-0.25, -0.2) is 0 Å². The Morgan fingerprint density at radius 2 is 1.89 bits per heavy atom. The van der Waals surface area contributed by atoms with Gasteiger partial charge in [0.25, 0.3) is 0 Å². The summed E-state index contributed by atoms with van der Waals surface area (Å²) >= 11 is 6.05. The lowest BCUT2D eigenvalue weighted by atomic mass is 10.1. The van der Waals surface area contributed by atoms with Crippen molar-refractivity contribution in [2.24, 2.45) is 0 Å². The standard InChI is InChI=1S/C15H21ClN2O/c16-12-3-1-4-13(11-12)17-7-9-18(10-8-17)14-5-2-6-15(14)19/h1,3-4,11,14-15,19H,2,5-10H2/t14-,15-/m1/s1. The van der Waals surface area contributed by atoms with Crippen molar-refractivity contribution in [2.75, 3.05) is 31.1 Å². The topological polar surface area (TPSA) is 26.7 Å². The highest BCUT2D eigenvalue weighted by molar-refractivity contribution is 6.30. The molecule has 3 rings (SSSR count). The number of hydrogen-bond donors (Lipinski definition) is 1. The van der Waals surface area contributed by atoms with Crippen molar-refractivity contribution in [1.82, 2.24) is 4.90 Å². The summed E-state index contributed by atoms with van der Waals surface area (Å²) < 4.78 is 0. The van der Waals surface area contributed by atoms with Crippen LogP contribution in [0, 0.1) is 0 Å². The largest absolute Gasteiger partial charge is 0.391 e. The molecule has 0 unspecified atom stereocenters. The summed E-state index contributed by atoms with van der Waals surface area (Å²) in [6.07, 6.45) is 3.18. The third-order valence-corrected chi connectivity index (χ3v) is 4.64. The van der Waals surface area contributed by atoms with Crippen molar-refractivity contribution in [1.29, 1.82) is 0 Å². The van der Waals surface area contributed by atoms with Crippen LogP contribution in [0.2, 0.25) is 5.02 Å². The number of hydrogen-bond acceptors (Lipinski definition) is 3. The molecule has 1 aromatic rings. The minimum Gasteiger partial charge on any atom is -0.391 e. The van der Waals surface area contributed by atoms with Gasteiger partial charge < -0.3 is 10.0 Å². The zero-order valence-electron chi connectivity index (χ0n) is 11.1. The first kappa shape index (κ1) is 13.2. The van der Waals surface area contributed by atoms with Crippen molar-refractivity contribution < 1.29 is 5.11 Å². The Bertz CT molecular complexity index is 432. The Hall–Kier alpha value is -0.770. The normalized spacial score (nSPS) is 28.8. The predicted octanol–water partition coefficient (Wildman–Crippen LogP) is 2.38. The second kappa shape index (κ2) is 5.70. The molecular weight excluding hydrogens is 260 g/mol. The van der Waals surface area contributed by atoms with Crippen LogP contribution in [0.4, 0.5) is 5.69 Å². The third-order valence-electron chi connectivity index (χ3n) is 4.40. The van der Waals surface area contributed by atoms with Gasteiger partial charge in [-0.2, -0.15) is 0 Å². The van der Waals surface area contributed by atoms with Crippen LogP contribution in [-0.4, -0.2) is 48.3 Å². The van der Waals surface area contributed by atoms with Gasteiger partial charge in [-0.3, -0.25) is 4.90 Å². The van der Waals surface area contributed by atoms with Crippen LogP contribution < -0.4 is 4.90 Å². The van der Waals surface area contributed by atoms with E-state index in [0.717, 1.165) is 44.0 Å². The molecule has 0 bridgehead atoms. The summed E-state index contributed by atoms with van der Waals surface area (Å²) in [6.45, 7) is 4.11. The molecule has 1 heterocycles. The van der Waals surface area contributed by atoms with Crippen LogP contribution in [0.25, 0.3) is 0 Å². The molecule has 104 valence electrons. The summed E-state index contributed by atoms with van der Waals surface area (Å²) in [4.78, 5) is 4.84. The first-order valence-electron chi connectivity index (χ1n) is 7.17. The molecule has 2 atom stereocenters. The fraction of sp³-hybridized carbons (Fsp3) is 0.600. The summed E-state index contributed by atoms with van der Waals surface area (Å²) in [5.41, 5.74) is 1.21. The fourth-order valence-electron chi connectivity index (χ4n) is 3.33. The number of aliphatic hydroxyl groups excluding tert-OH is 1. The Morgan fingerprint density at radius 1 is 1.11 bits per heavy atom. The molecule has 1 N–H and O–H groups in total. The van der Waals surface area contributed by atoms with Gasteiger partial charge in [0.2, 0.25) is 0 Å². The van der Waals surface area contributed by atoms with Gasteiger partial charge in [0.05, 0.1) is 6.10 Å². The van der Waals surface area contributed by atoms with E-state index >= 15 is 0 Å². The Balaban J connectivity index is 1.60. The summed E-state index contributed by atoms with van der Waals surface area (Å²) in [7, 11) is 0. The maximum Gasteiger partial charge on any atom is 0.0695 e. The average molecular weight is 281 g/mol. The lowest BCUT2D eigenvalue weighted by molar-refractivity contribution is 0.0671. The number of halogens is 1. The van der Waals surface area contributed by atoms with Crippen LogP contribution in [-0.2, 0) is 0 Å². The lowest BCUT2D eigenvalue weighted by Crippen LogP contribution is -2.52. The van der Waals surface area contributed by atoms with Crippen LogP contribution in [0.1, 0.15) is 19.3 Å². The zero-order valence-corrected chi connectivity index (χ0v) is 11.9. The second-order valence-electron chi connectivity index (χ2n) is 5.57. The van der Waals surface area contributed by atoms with E-state index in [-0.39, 0.29) is 6.10 Å². The van der Waals surface area contributed by atoms with Gasteiger partial charge in [0, 0.05) is 42.9 Å². The second-order valence-corrected chi connectivity index (χ2v) is 6.00. The van der Waals surface area contributed by atoms with E-state index in [1.165, 1.54) is 12.1 Å². The maximum atomic E-state index is 9.99. The monoisotopic (exact) mass is 280 g/mol. The van der Waals surface area contributed by atoms with Gasteiger partial charge in [-0.1, -0.05) is 17.7 Å². The van der Waals surface area contributed by atoms with Gasteiger partial charge >= 0.3 is 0 Å². The average Bonchev–Trinajstić information content (AvgIpc) is 2.85. The number of aliphatic hydroxyl groups is 1. The molecule has 1 aliphatic carbocycles. The van der Waals surface area contributed by atoms with E-state index in [9.17, 15) is 5.11 Å². The highest BCUT2D eigenvalue weighted by Crippen LogP contribution is 2.26. The minimum atomic E-state index is -0.113. The zero-order chi connectivity index (χ0) is 13.2. The molecule has 4 heteroatoms. The molecular formula is C15H21ClN2O. The molecule has 3 nitrogen and oxygen atoms in total. The van der Waals surface area contributed by atoms with Crippen molar-refractivity contribution in [3.05, 3.63) is 29.3 Å². The molecule has 1 saturated carbocycles. The summed E-state index contributed by atoms with van der Waals surface area (Å²) in [6, 6.07) is 8.45. The highest BCUT2D eigenvalue weighted by Gasteiger charge is 2.32. The van der Waals surface area contributed by atoms with E-state index in [2.05, 4.69) is 15.9 Å². The molecule has 0 amide bonds. The molecule has 2 aliphatic rings. The number of rotatable bonds is 2. The molecule has 2 fully saturated rings. The number of anilines is 1. The lowest BCUT2D eigenvalue weighted by Gasteiger charge is -2.40. The molecule has 0 radical (unpaired) electrons. The van der Waals surface area contributed by atoms with Crippen LogP contribution in [0.3, 0.4) is 0 Å². The van der Waals surface area contributed by atoms with Crippen LogP contribution >= 0.6 is 11.6 Å².